The number of carbonyl (C=O) groups is 2. The lowest BCUT2D eigenvalue weighted by molar-refractivity contribution is -0.118. The van der Waals surface area contributed by atoms with E-state index in [2.05, 4.69) is 31.1 Å². The average Bonchev–Trinajstić information content (AvgIpc) is 2.65. The van der Waals surface area contributed by atoms with Crippen LogP contribution in [0.2, 0.25) is 0 Å². The van der Waals surface area contributed by atoms with Crippen molar-refractivity contribution in [2.75, 3.05) is 0 Å². The fraction of sp³-hybridized carbons (Fsp3) is 0.250. The van der Waals surface area contributed by atoms with E-state index in [-0.39, 0.29) is 12.1 Å². The van der Waals surface area contributed by atoms with Gasteiger partial charge in [-0.25, -0.2) is 9.98 Å². The predicted molar refractivity (Wildman–Crippen MR) is 72.6 cm³/mol. The first-order valence-corrected chi connectivity index (χ1v) is 6.25. The Bertz CT molecular complexity index is 621. The molecule has 98 valence electrons. The Hall–Kier alpha value is -1.89. The lowest BCUT2D eigenvalue weighted by Gasteiger charge is -2.01. The van der Waals surface area contributed by atoms with Gasteiger partial charge in [0.2, 0.25) is 0 Å². The van der Waals surface area contributed by atoms with E-state index in [1.54, 1.807) is 13.8 Å². The molecule has 0 fully saturated rings. The lowest BCUT2D eigenvalue weighted by Crippen LogP contribution is -2.16. The largest absolute Gasteiger partial charge is 0.361 e. The summed E-state index contributed by atoms with van der Waals surface area (Å²) in [7, 11) is 0. The quantitative estimate of drug-likeness (QED) is 0.828. The molecule has 2 amide bonds. The molecule has 2 rings (SSSR count). The average molecular weight is 324 g/mol. The number of aryl methyl sites for hydroxylation is 2. The number of hydrogen-bond donors (Lipinski definition) is 0. The summed E-state index contributed by atoms with van der Waals surface area (Å²) in [4.78, 5) is 30.6. The van der Waals surface area contributed by atoms with Gasteiger partial charge >= 0.3 is 0 Å². The maximum Gasteiger partial charge on any atom is 0.295 e. The summed E-state index contributed by atoms with van der Waals surface area (Å²) in [6, 6.07) is 0. The normalized spacial score (nSPS) is 16.9. The Morgan fingerprint density at radius 1 is 1.47 bits per heavy atom. The SMILES string of the molecule is Cc1noc(C)c1CC(=O)N=C1C=C(Br)C=NC1=O. The maximum atomic E-state index is 11.8. The molecule has 2 heterocycles. The number of nitrogens with zero attached hydrogens (tertiary/aromatic N) is 3. The minimum Gasteiger partial charge on any atom is -0.361 e. The van der Waals surface area contributed by atoms with Gasteiger partial charge in [-0.1, -0.05) is 5.16 Å². The monoisotopic (exact) mass is 323 g/mol. The Morgan fingerprint density at radius 2 is 2.21 bits per heavy atom. The van der Waals surface area contributed by atoms with Gasteiger partial charge in [0.25, 0.3) is 11.8 Å². The van der Waals surface area contributed by atoms with Gasteiger partial charge < -0.3 is 4.52 Å². The van der Waals surface area contributed by atoms with Crippen molar-refractivity contribution >= 4 is 39.7 Å². The number of dihydropyridines is 1. The number of aromatic nitrogens is 1. The van der Waals surface area contributed by atoms with Crippen LogP contribution in [0.25, 0.3) is 0 Å². The van der Waals surface area contributed by atoms with Gasteiger partial charge in [0.1, 0.15) is 11.5 Å². The summed E-state index contributed by atoms with van der Waals surface area (Å²) in [6.45, 7) is 3.47. The molecule has 7 heteroatoms. The number of carbonyl (C=O) groups excluding carboxylic acids is 2. The molecule has 0 atom stereocenters. The molecule has 1 aliphatic rings. The van der Waals surface area contributed by atoms with E-state index < -0.39 is 11.8 Å². The highest BCUT2D eigenvalue weighted by Crippen LogP contribution is 2.14. The van der Waals surface area contributed by atoms with Crippen LogP contribution >= 0.6 is 15.9 Å². The predicted octanol–water partition coefficient (Wildman–Crippen LogP) is 1.69. The van der Waals surface area contributed by atoms with Crippen molar-refractivity contribution in [2.45, 2.75) is 20.3 Å². The molecule has 0 aliphatic carbocycles. The molecular weight excluding hydrogens is 314 g/mol. The summed E-state index contributed by atoms with van der Waals surface area (Å²) in [5, 5.41) is 3.76. The van der Waals surface area contributed by atoms with Gasteiger partial charge in [-0.2, -0.15) is 0 Å². The Balaban J connectivity index is 2.18. The van der Waals surface area contributed by atoms with Crippen LogP contribution in [0.1, 0.15) is 17.0 Å². The van der Waals surface area contributed by atoms with Gasteiger partial charge in [0.05, 0.1) is 12.1 Å². The van der Waals surface area contributed by atoms with Crippen molar-refractivity contribution in [3.05, 3.63) is 27.6 Å². The zero-order chi connectivity index (χ0) is 14.0. The first-order valence-electron chi connectivity index (χ1n) is 5.46. The molecule has 0 unspecified atom stereocenters. The van der Waals surface area contributed by atoms with Gasteiger partial charge in [0, 0.05) is 16.3 Å². The van der Waals surface area contributed by atoms with Gasteiger partial charge in [-0.3, -0.25) is 9.59 Å². The summed E-state index contributed by atoms with van der Waals surface area (Å²) in [6.07, 6.45) is 2.87. The molecule has 19 heavy (non-hydrogen) atoms. The molecule has 0 N–H and O–H groups in total. The fourth-order valence-corrected chi connectivity index (χ4v) is 1.89. The van der Waals surface area contributed by atoms with Crippen LogP contribution < -0.4 is 0 Å². The van der Waals surface area contributed by atoms with E-state index in [0.717, 1.165) is 0 Å². The third kappa shape index (κ3) is 3.11. The Morgan fingerprint density at radius 3 is 2.84 bits per heavy atom. The van der Waals surface area contributed by atoms with Crippen molar-refractivity contribution < 1.29 is 14.1 Å². The van der Waals surface area contributed by atoms with Crippen LogP contribution in [-0.2, 0) is 16.0 Å². The Kier molecular flexibility index (Phi) is 3.84. The number of amides is 2. The molecule has 0 bridgehead atoms. The van der Waals surface area contributed by atoms with Crippen molar-refractivity contribution in [3.8, 4) is 0 Å². The standard InChI is InChI=1S/C12H10BrN3O3/c1-6-9(7(2)19-16-6)4-11(17)15-10-3-8(13)5-14-12(10)18/h3,5H,4H2,1-2H3. The van der Waals surface area contributed by atoms with E-state index in [1.807, 2.05) is 0 Å². The van der Waals surface area contributed by atoms with Gasteiger partial charge in [-0.05, 0) is 35.9 Å². The molecule has 0 spiro atoms. The highest BCUT2D eigenvalue weighted by molar-refractivity contribution is 9.12. The van der Waals surface area contributed by atoms with Crippen molar-refractivity contribution in [3.63, 3.8) is 0 Å². The van der Waals surface area contributed by atoms with E-state index in [0.29, 0.717) is 21.5 Å². The third-order valence-corrected chi connectivity index (χ3v) is 2.99. The second kappa shape index (κ2) is 5.40. The Labute approximate surface area is 117 Å². The smallest absolute Gasteiger partial charge is 0.295 e. The van der Waals surface area contributed by atoms with Crippen LogP contribution in [-0.4, -0.2) is 28.9 Å². The fourth-order valence-electron chi connectivity index (χ4n) is 1.58. The zero-order valence-corrected chi connectivity index (χ0v) is 11.9. The second-order valence-corrected chi connectivity index (χ2v) is 4.88. The number of hydrogen-bond acceptors (Lipinski definition) is 4. The minimum absolute atomic E-state index is 0.0196. The second-order valence-electron chi connectivity index (χ2n) is 3.96. The van der Waals surface area contributed by atoms with Gasteiger partial charge in [0.15, 0.2) is 0 Å². The van der Waals surface area contributed by atoms with Crippen LogP contribution in [0.5, 0.6) is 0 Å². The first kappa shape index (κ1) is 13.5. The minimum atomic E-state index is -0.532. The number of aliphatic imine (C=N–C) groups is 2. The molecule has 0 aromatic carbocycles. The van der Waals surface area contributed by atoms with Crippen LogP contribution in [0.4, 0.5) is 0 Å². The summed E-state index contributed by atoms with van der Waals surface area (Å²) in [5.41, 5.74) is 1.37. The lowest BCUT2D eigenvalue weighted by atomic mass is 10.1. The highest BCUT2D eigenvalue weighted by Gasteiger charge is 2.17. The van der Waals surface area contributed by atoms with E-state index in [9.17, 15) is 9.59 Å². The topological polar surface area (TPSA) is 84.9 Å². The molecular formula is C12H10BrN3O3. The van der Waals surface area contributed by atoms with Crippen molar-refractivity contribution in [1.29, 1.82) is 0 Å². The van der Waals surface area contributed by atoms with Crippen molar-refractivity contribution in [2.24, 2.45) is 9.98 Å². The summed E-state index contributed by atoms with van der Waals surface area (Å²) in [5.74, 6) is -0.391. The number of rotatable bonds is 2. The van der Waals surface area contributed by atoms with E-state index in [4.69, 9.17) is 4.52 Å². The van der Waals surface area contributed by atoms with Crippen LogP contribution in [0.15, 0.2) is 25.1 Å². The third-order valence-electron chi connectivity index (χ3n) is 2.55. The molecule has 0 radical (unpaired) electrons. The van der Waals surface area contributed by atoms with Crippen LogP contribution in [0, 0.1) is 13.8 Å². The number of allylic oxidation sites excluding steroid dienone is 1. The molecule has 1 aromatic rings. The molecule has 0 saturated carbocycles. The first-order chi connectivity index (χ1) is 8.97. The van der Waals surface area contributed by atoms with E-state index >= 15 is 0 Å². The molecule has 0 saturated heterocycles. The molecule has 6 nitrogen and oxygen atoms in total. The summed E-state index contributed by atoms with van der Waals surface area (Å²) >= 11 is 3.17. The molecule has 1 aromatic heterocycles. The number of halogens is 1. The zero-order valence-electron chi connectivity index (χ0n) is 10.3. The summed E-state index contributed by atoms with van der Waals surface area (Å²) < 4.78 is 5.56. The van der Waals surface area contributed by atoms with Crippen molar-refractivity contribution in [1.82, 2.24) is 5.16 Å². The molecule has 1 aliphatic heterocycles. The van der Waals surface area contributed by atoms with E-state index in [1.165, 1.54) is 12.3 Å². The maximum absolute atomic E-state index is 11.8. The van der Waals surface area contributed by atoms with Gasteiger partial charge in [-0.15, -0.1) is 0 Å². The highest BCUT2D eigenvalue weighted by atomic mass is 79.9. The van der Waals surface area contributed by atoms with Crippen LogP contribution in [0.3, 0.4) is 0 Å².